The van der Waals surface area contributed by atoms with Crippen LogP contribution in [0.3, 0.4) is 0 Å². The quantitative estimate of drug-likeness (QED) is 0.642. The first kappa shape index (κ1) is 21.4. The van der Waals surface area contributed by atoms with Gasteiger partial charge in [0.05, 0.1) is 19.6 Å². The van der Waals surface area contributed by atoms with E-state index < -0.39 is 0 Å². The van der Waals surface area contributed by atoms with Gasteiger partial charge in [-0.2, -0.15) is 0 Å². The Labute approximate surface area is 164 Å². The molecule has 0 bridgehead atoms. The molecule has 3 amide bonds. The van der Waals surface area contributed by atoms with E-state index in [9.17, 15) is 19.2 Å². The molecule has 0 radical (unpaired) electrons. The summed E-state index contributed by atoms with van der Waals surface area (Å²) in [6.45, 7) is 3.01. The number of esters is 1. The van der Waals surface area contributed by atoms with E-state index in [1.165, 1.54) is 0 Å². The van der Waals surface area contributed by atoms with Gasteiger partial charge in [-0.25, -0.2) is 0 Å². The molecule has 8 heteroatoms. The van der Waals surface area contributed by atoms with Crippen LogP contribution in [0.4, 0.5) is 0 Å². The lowest BCUT2D eigenvalue weighted by molar-refractivity contribution is -0.146. The molecule has 0 aromatic heterocycles. The van der Waals surface area contributed by atoms with Crippen LogP contribution >= 0.6 is 0 Å². The predicted molar refractivity (Wildman–Crippen MR) is 102 cm³/mol. The molecule has 1 heterocycles. The van der Waals surface area contributed by atoms with Crippen molar-refractivity contribution in [2.45, 2.75) is 38.6 Å². The van der Waals surface area contributed by atoms with Gasteiger partial charge < -0.3 is 20.3 Å². The second kappa shape index (κ2) is 11.1. The Kier molecular flexibility index (Phi) is 8.45. The van der Waals surface area contributed by atoms with Gasteiger partial charge in [0.25, 0.3) is 5.91 Å². The van der Waals surface area contributed by atoms with Crippen LogP contribution in [0.2, 0.25) is 0 Å². The number of nitrogens with one attached hydrogen (secondary N) is 2. The first-order valence-electron chi connectivity index (χ1n) is 9.55. The van der Waals surface area contributed by atoms with Crippen molar-refractivity contribution in [2.24, 2.45) is 0 Å². The number of hydrogen-bond donors (Lipinski definition) is 2. The fourth-order valence-electron chi connectivity index (χ4n) is 3.00. The molecule has 152 valence electrons. The highest BCUT2D eigenvalue weighted by atomic mass is 16.5. The molecule has 1 aliphatic heterocycles. The fraction of sp³-hybridized carbons (Fsp3) is 0.500. The number of rotatable bonds is 8. The van der Waals surface area contributed by atoms with E-state index in [0.29, 0.717) is 38.1 Å². The number of hydrogen-bond acceptors (Lipinski definition) is 5. The Morgan fingerprint density at radius 3 is 2.39 bits per heavy atom. The van der Waals surface area contributed by atoms with E-state index >= 15 is 0 Å². The van der Waals surface area contributed by atoms with E-state index in [1.54, 1.807) is 36.1 Å². The normalized spacial score (nSPS) is 14.2. The number of carbonyl (C=O) groups excluding carboxylic acids is 4. The minimum Gasteiger partial charge on any atom is -0.466 e. The average molecular weight is 389 g/mol. The third-order valence-corrected chi connectivity index (χ3v) is 4.51. The second-order valence-electron chi connectivity index (χ2n) is 6.58. The highest BCUT2D eigenvalue weighted by Crippen LogP contribution is 2.12. The van der Waals surface area contributed by atoms with E-state index in [2.05, 4.69) is 10.6 Å². The van der Waals surface area contributed by atoms with Gasteiger partial charge >= 0.3 is 5.97 Å². The van der Waals surface area contributed by atoms with Crippen molar-refractivity contribution in [3.05, 3.63) is 35.9 Å². The first-order chi connectivity index (χ1) is 13.5. The minimum atomic E-state index is -0.365. The molecule has 0 spiro atoms. The minimum absolute atomic E-state index is 0.0322. The van der Waals surface area contributed by atoms with Crippen molar-refractivity contribution >= 4 is 23.7 Å². The highest BCUT2D eigenvalue weighted by molar-refractivity contribution is 5.96. The molecule has 1 aromatic carbocycles. The number of piperidine rings is 1. The summed E-state index contributed by atoms with van der Waals surface area (Å²) in [7, 11) is 0. The monoisotopic (exact) mass is 389 g/mol. The van der Waals surface area contributed by atoms with Crippen molar-refractivity contribution in [3.63, 3.8) is 0 Å². The summed E-state index contributed by atoms with van der Waals surface area (Å²) >= 11 is 0. The second-order valence-corrected chi connectivity index (χ2v) is 6.58. The van der Waals surface area contributed by atoms with Crippen LogP contribution < -0.4 is 10.6 Å². The van der Waals surface area contributed by atoms with Gasteiger partial charge in [-0.1, -0.05) is 18.2 Å². The first-order valence-corrected chi connectivity index (χ1v) is 9.55. The molecule has 0 unspecified atom stereocenters. The summed E-state index contributed by atoms with van der Waals surface area (Å²) in [5.74, 6) is -0.988. The molecule has 1 saturated heterocycles. The molecule has 1 aromatic rings. The zero-order chi connectivity index (χ0) is 20.4. The molecule has 1 aliphatic rings. The number of carbonyl (C=O) groups is 4. The summed E-state index contributed by atoms with van der Waals surface area (Å²) in [6, 6.07) is 8.67. The molecular weight excluding hydrogens is 362 g/mol. The van der Waals surface area contributed by atoms with Gasteiger partial charge in [0.15, 0.2) is 0 Å². The summed E-state index contributed by atoms with van der Waals surface area (Å²) in [5.41, 5.74) is 0.505. The zero-order valence-corrected chi connectivity index (χ0v) is 16.1. The van der Waals surface area contributed by atoms with Gasteiger partial charge in [0.1, 0.15) is 0 Å². The summed E-state index contributed by atoms with van der Waals surface area (Å²) < 4.78 is 4.82. The van der Waals surface area contributed by atoms with Crippen LogP contribution in [0.15, 0.2) is 30.3 Å². The lowest BCUT2D eigenvalue weighted by Gasteiger charge is -2.32. The maximum atomic E-state index is 12.1. The summed E-state index contributed by atoms with van der Waals surface area (Å²) in [4.78, 5) is 49.2. The topological polar surface area (TPSA) is 105 Å². The summed E-state index contributed by atoms with van der Waals surface area (Å²) in [6.07, 6.45) is 1.51. The van der Waals surface area contributed by atoms with Crippen LogP contribution in [0, 0.1) is 0 Å². The number of benzene rings is 1. The standard InChI is InChI=1S/C20H27N3O5/c1-2-28-19(26)9-8-18(25)23-12-10-16(11-13-23)22-17(24)14-21-20(27)15-6-4-3-5-7-15/h3-7,16H,2,8-14H2,1H3,(H,21,27)(H,22,24). The Balaban J connectivity index is 1.65. The SMILES string of the molecule is CCOC(=O)CCC(=O)N1CCC(NC(=O)CNC(=O)c2ccccc2)CC1. The lowest BCUT2D eigenvalue weighted by Crippen LogP contribution is -2.48. The molecule has 28 heavy (non-hydrogen) atoms. The molecule has 1 fully saturated rings. The van der Waals surface area contributed by atoms with Crippen LogP contribution in [-0.2, 0) is 19.1 Å². The molecule has 0 atom stereocenters. The third-order valence-electron chi connectivity index (χ3n) is 4.51. The zero-order valence-electron chi connectivity index (χ0n) is 16.1. The Bertz CT molecular complexity index is 684. The molecule has 0 saturated carbocycles. The number of nitrogens with zero attached hydrogens (tertiary/aromatic N) is 1. The van der Waals surface area contributed by atoms with Gasteiger partial charge in [0, 0.05) is 31.1 Å². The Morgan fingerprint density at radius 2 is 1.75 bits per heavy atom. The maximum Gasteiger partial charge on any atom is 0.306 e. The smallest absolute Gasteiger partial charge is 0.306 e. The maximum absolute atomic E-state index is 12.1. The van der Waals surface area contributed by atoms with E-state index in [0.717, 1.165) is 0 Å². The van der Waals surface area contributed by atoms with Crippen molar-refractivity contribution in [1.29, 1.82) is 0 Å². The molecule has 2 N–H and O–H groups in total. The van der Waals surface area contributed by atoms with Gasteiger partial charge in [0.2, 0.25) is 11.8 Å². The van der Waals surface area contributed by atoms with Gasteiger partial charge in [-0.05, 0) is 31.9 Å². The van der Waals surface area contributed by atoms with Crippen molar-refractivity contribution in [1.82, 2.24) is 15.5 Å². The van der Waals surface area contributed by atoms with E-state index in [4.69, 9.17) is 4.74 Å². The van der Waals surface area contributed by atoms with E-state index in [1.807, 2.05) is 6.07 Å². The third kappa shape index (κ3) is 7.02. The van der Waals surface area contributed by atoms with Crippen LogP contribution in [0.25, 0.3) is 0 Å². The largest absolute Gasteiger partial charge is 0.466 e. The molecule has 0 aliphatic carbocycles. The predicted octanol–water partition coefficient (Wildman–Crippen LogP) is 0.867. The van der Waals surface area contributed by atoms with Crippen LogP contribution in [-0.4, -0.2) is 60.9 Å². The Hall–Kier alpha value is -2.90. The number of amides is 3. The average Bonchev–Trinajstić information content (AvgIpc) is 2.71. The fourth-order valence-corrected chi connectivity index (χ4v) is 3.00. The number of likely N-dealkylation sites (tertiary alicyclic amines) is 1. The van der Waals surface area contributed by atoms with Crippen molar-refractivity contribution in [3.8, 4) is 0 Å². The lowest BCUT2D eigenvalue weighted by atomic mass is 10.0. The number of ether oxygens (including phenoxy) is 1. The van der Waals surface area contributed by atoms with Gasteiger partial charge in [-0.3, -0.25) is 19.2 Å². The van der Waals surface area contributed by atoms with Crippen LogP contribution in [0.5, 0.6) is 0 Å². The Morgan fingerprint density at radius 1 is 1.07 bits per heavy atom. The molecule has 8 nitrogen and oxygen atoms in total. The van der Waals surface area contributed by atoms with Crippen LogP contribution in [0.1, 0.15) is 43.0 Å². The van der Waals surface area contributed by atoms with E-state index in [-0.39, 0.29) is 49.1 Å². The van der Waals surface area contributed by atoms with Crippen molar-refractivity contribution < 1.29 is 23.9 Å². The highest BCUT2D eigenvalue weighted by Gasteiger charge is 2.24. The van der Waals surface area contributed by atoms with Gasteiger partial charge in [-0.15, -0.1) is 0 Å². The summed E-state index contributed by atoms with van der Waals surface area (Å²) in [5, 5.41) is 5.48. The molecule has 2 rings (SSSR count). The van der Waals surface area contributed by atoms with Crippen molar-refractivity contribution in [2.75, 3.05) is 26.2 Å². The molecular formula is C20H27N3O5.